The molecule has 14 heavy (non-hydrogen) atoms. The monoisotopic (exact) mass is 195 g/mol. The zero-order valence-electron chi connectivity index (χ0n) is 8.23. The summed E-state index contributed by atoms with van der Waals surface area (Å²) in [7, 11) is 1.54. The number of carbonyl (C=O) groups is 1. The fourth-order valence-corrected chi connectivity index (χ4v) is 1.09. The first-order valence-corrected chi connectivity index (χ1v) is 4.35. The average molecular weight is 195 g/mol. The summed E-state index contributed by atoms with van der Waals surface area (Å²) >= 11 is 0. The van der Waals surface area contributed by atoms with Gasteiger partial charge in [0, 0.05) is 12.3 Å². The lowest BCUT2D eigenvalue weighted by Crippen LogP contribution is -2.12. The number of carboxylic acid groups (broad SMARTS) is 1. The molecule has 0 fully saturated rings. The Bertz CT molecular complexity index is 308. The molecule has 1 aromatic heterocycles. The van der Waals surface area contributed by atoms with Gasteiger partial charge in [-0.05, 0) is 12.0 Å². The van der Waals surface area contributed by atoms with E-state index in [0.717, 1.165) is 5.56 Å². The molecule has 0 radical (unpaired) electrons. The summed E-state index contributed by atoms with van der Waals surface area (Å²) < 4.78 is 4.89. The van der Waals surface area contributed by atoms with Crippen LogP contribution in [0.5, 0.6) is 5.88 Å². The number of rotatable bonds is 4. The summed E-state index contributed by atoms with van der Waals surface area (Å²) in [6.07, 6.45) is 2.13. The number of aliphatic carboxylic acids is 1. The highest BCUT2D eigenvalue weighted by molar-refractivity contribution is 5.69. The number of pyridine rings is 1. The Balaban J connectivity index is 2.64. The van der Waals surface area contributed by atoms with Gasteiger partial charge >= 0.3 is 5.97 Å². The molecule has 0 aliphatic carbocycles. The Morgan fingerprint density at radius 2 is 2.36 bits per heavy atom. The van der Waals surface area contributed by atoms with E-state index in [9.17, 15) is 4.79 Å². The van der Waals surface area contributed by atoms with Crippen LogP contribution in [0.4, 0.5) is 0 Å². The van der Waals surface area contributed by atoms with Crippen molar-refractivity contribution in [2.24, 2.45) is 5.92 Å². The largest absolute Gasteiger partial charge is 0.481 e. The van der Waals surface area contributed by atoms with Crippen LogP contribution < -0.4 is 4.74 Å². The highest BCUT2D eigenvalue weighted by Gasteiger charge is 2.11. The number of hydrogen-bond donors (Lipinski definition) is 1. The molecule has 0 aliphatic rings. The minimum Gasteiger partial charge on any atom is -0.481 e. The summed E-state index contributed by atoms with van der Waals surface area (Å²) in [6.45, 7) is 1.67. The van der Waals surface area contributed by atoms with Gasteiger partial charge in [-0.3, -0.25) is 4.79 Å². The lowest BCUT2D eigenvalue weighted by Gasteiger charge is -2.05. The van der Waals surface area contributed by atoms with Gasteiger partial charge in [0.15, 0.2) is 0 Å². The highest BCUT2D eigenvalue weighted by Crippen LogP contribution is 2.11. The van der Waals surface area contributed by atoms with E-state index in [1.165, 1.54) is 0 Å². The Labute approximate surface area is 82.5 Å². The molecule has 1 rings (SSSR count). The van der Waals surface area contributed by atoms with Crippen LogP contribution in [0, 0.1) is 5.92 Å². The minimum absolute atomic E-state index is 0.384. The molecular formula is C10H13NO3. The van der Waals surface area contributed by atoms with Crippen LogP contribution in [0.2, 0.25) is 0 Å². The molecule has 1 heterocycles. The Morgan fingerprint density at radius 3 is 2.79 bits per heavy atom. The zero-order chi connectivity index (χ0) is 10.6. The van der Waals surface area contributed by atoms with Crippen molar-refractivity contribution in [3.8, 4) is 5.88 Å². The van der Waals surface area contributed by atoms with Gasteiger partial charge in [0.1, 0.15) is 0 Å². The van der Waals surface area contributed by atoms with Gasteiger partial charge < -0.3 is 9.84 Å². The van der Waals surface area contributed by atoms with Gasteiger partial charge in [0.05, 0.1) is 13.0 Å². The maximum atomic E-state index is 10.6. The molecule has 0 aliphatic heterocycles. The Morgan fingerprint density at radius 1 is 1.64 bits per heavy atom. The van der Waals surface area contributed by atoms with Crippen molar-refractivity contribution in [2.45, 2.75) is 13.3 Å². The first kappa shape index (κ1) is 10.5. The lowest BCUT2D eigenvalue weighted by molar-refractivity contribution is -0.141. The Kier molecular flexibility index (Phi) is 3.45. The zero-order valence-corrected chi connectivity index (χ0v) is 8.23. The fraction of sp³-hybridized carbons (Fsp3) is 0.400. The van der Waals surface area contributed by atoms with Crippen molar-refractivity contribution < 1.29 is 14.6 Å². The SMILES string of the molecule is COc1ccc(C[C@@H](C)C(=O)O)cn1. The summed E-state index contributed by atoms with van der Waals surface area (Å²) in [4.78, 5) is 14.6. The van der Waals surface area contributed by atoms with Gasteiger partial charge in [-0.1, -0.05) is 13.0 Å². The van der Waals surface area contributed by atoms with Gasteiger partial charge in [0.25, 0.3) is 0 Å². The molecule has 1 N–H and O–H groups in total. The lowest BCUT2D eigenvalue weighted by atomic mass is 10.0. The third-order valence-electron chi connectivity index (χ3n) is 1.97. The summed E-state index contributed by atoms with van der Waals surface area (Å²) in [5.41, 5.74) is 0.903. The van der Waals surface area contributed by atoms with Crippen LogP contribution in [0.25, 0.3) is 0 Å². The van der Waals surface area contributed by atoms with E-state index < -0.39 is 5.97 Å². The molecule has 4 heteroatoms. The molecule has 0 amide bonds. The molecule has 0 bridgehead atoms. The average Bonchev–Trinajstić information content (AvgIpc) is 2.19. The van der Waals surface area contributed by atoms with E-state index >= 15 is 0 Å². The standard InChI is InChI=1S/C10H13NO3/c1-7(10(12)13)5-8-3-4-9(14-2)11-6-8/h3-4,6-7H,5H2,1-2H3,(H,12,13)/t7-/m1/s1. The highest BCUT2D eigenvalue weighted by atomic mass is 16.5. The molecule has 0 spiro atoms. The normalized spacial score (nSPS) is 12.1. The molecule has 0 aromatic carbocycles. The second-order valence-electron chi connectivity index (χ2n) is 3.15. The molecule has 0 saturated carbocycles. The van der Waals surface area contributed by atoms with Gasteiger partial charge in [-0.15, -0.1) is 0 Å². The van der Waals surface area contributed by atoms with E-state index in [4.69, 9.17) is 9.84 Å². The van der Waals surface area contributed by atoms with Crippen LogP contribution in [-0.2, 0) is 11.2 Å². The van der Waals surface area contributed by atoms with E-state index in [2.05, 4.69) is 4.98 Å². The quantitative estimate of drug-likeness (QED) is 0.787. The molecule has 0 unspecified atom stereocenters. The molecule has 1 aromatic rings. The van der Waals surface area contributed by atoms with Crippen LogP contribution in [0.15, 0.2) is 18.3 Å². The molecule has 0 saturated heterocycles. The van der Waals surface area contributed by atoms with E-state index in [1.54, 1.807) is 26.3 Å². The van der Waals surface area contributed by atoms with Gasteiger partial charge in [-0.25, -0.2) is 4.98 Å². The predicted molar refractivity (Wildman–Crippen MR) is 51.3 cm³/mol. The van der Waals surface area contributed by atoms with E-state index in [-0.39, 0.29) is 5.92 Å². The van der Waals surface area contributed by atoms with Crippen LogP contribution >= 0.6 is 0 Å². The Hall–Kier alpha value is -1.58. The maximum absolute atomic E-state index is 10.6. The van der Waals surface area contributed by atoms with E-state index in [0.29, 0.717) is 12.3 Å². The van der Waals surface area contributed by atoms with Crippen LogP contribution in [0.3, 0.4) is 0 Å². The number of aromatic nitrogens is 1. The smallest absolute Gasteiger partial charge is 0.306 e. The number of nitrogens with zero attached hydrogens (tertiary/aromatic N) is 1. The first-order chi connectivity index (χ1) is 6.63. The third-order valence-corrected chi connectivity index (χ3v) is 1.97. The van der Waals surface area contributed by atoms with Crippen molar-refractivity contribution in [3.05, 3.63) is 23.9 Å². The summed E-state index contributed by atoms with van der Waals surface area (Å²) in [5, 5.41) is 8.70. The number of methoxy groups -OCH3 is 1. The van der Waals surface area contributed by atoms with Crippen molar-refractivity contribution in [1.82, 2.24) is 4.98 Å². The summed E-state index contributed by atoms with van der Waals surface area (Å²) in [6, 6.07) is 3.55. The topological polar surface area (TPSA) is 59.4 Å². The number of ether oxygens (including phenoxy) is 1. The van der Waals surface area contributed by atoms with Gasteiger partial charge in [-0.2, -0.15) is 0 Å². The molecule has 1 atom stereocenters. The number of hydrogen-bond acceptors (Lipinski definition) is 3. The third kappa shape index (κ3) is 2.73. The molecule has 4 nitrogen and oxygen atoms in total. The second kappa shape index (κ2) is 4.60. The van der Waals surface area contributed by atoms with Crippen molar-refractivity contribution in [3.63, 3.8) is 0 Å². The maximum Gasteiger partial charge on any atom is 0.306 e. The number of carboxylic acids is 1. The van der Waals surface area contributed by atoms with Crippen LogP contribution in [-0.4, -0.2) is 23.2 Å². The van der Waals surface area contributed by atoms with Crippen molar-refractivity contribution in [1.29, 1.82) is 0 Å². The fourth-order valence-electron chi connectivity index (χ4n) is 1.09. The second-order valence-corrected chi connectivity index (χ2v) is 3.15. The van der Waals surface area contributed by atoms with E-state index in [1.807, 2.05) is 6.07 Å². The molecule has 76 valence electrons. The minimum atomic E-state index is -0.791. The van der Waals surface area contributed by atoms with Gasteiger partial charge in [0.2, 0.25) is 5.88 Å². The molecular weight excluding hydrogens is 182 g/mol. The summed E-state index contributed by atoms with van der Waals surface area (Å²) in [5.74, 6) is -0.636. The van der Waals surface area contributed by atoms with Crippen LogP contribution in [0.1, 0.15) is 12.5 Å². The predicted octanol–water partition coefficient (Wildman–Crippen LogP) is 1.35. The van der Waals surface area contributed by atoms with Crippen molar-refractivity contribution in [2.75, 3.05) is 7.11 Å². The first-order valence-electron chi connectivity index (χ1n) is 4.35. The van der Waals surface area contributed by atoms with Crippen molar-refractivity contribution >= 4 is 5.97 Å².